The van der Waals surface area contributed by atoms with E-state index < -0.39 is 112 Å². The molecule has 0 spiro atoms. The highest BCUT2D eigenvalue weighted by molar-refractivity contribution is 7.80. The zero-order chi connectivity index (χ0) is 28.1. The van der Waals surface area contributed by atoms with Gasteiger partial charge in [-0.2, -0.15) is 12.6 Å². The Morgan fingerprint density at radius 2 is 1.05 bits per heavy atom. The van der Waals surface area contributed by atoms with Crippen LogP contribution in [0.2, 0.25) is 0 Å². The molecular weight excluding hydrogens is 540 g/mol. The fourth-order valence-corrected chi connectivity index (χ4v) is 4.44. The van der Waals surface area contributed by atoms with Gasteiger partial charge in [0.2, 0.25) is 0 Å². The fourth-order valence-electron chi connectivity index (χ4n) is 4.32. The highest BCUT2D eigenvalue weighted by Crippen LogP contribution is 2.31. The molecule has 0 saturated carbocycles. The van der Waals surface area contributed by atoms with E-state index in [1.165, 1.54) is 0 Å². The van der Waals surface area contributed by atoms with Crippen molar-refractivity contribution in [3.63, 3.8) is 0 Å². The summed E-state index contributed by atoms with van der Waals surface area (Å²) in [7, 11) is 0. The Morgan fingerprint density at radius 3 is 1.61 bits per heavy atom. The molecule has 0 amide bonds. The average molecular weight is 579 g/mol. The molecule has 0 unspecified atom stereocenters. The smallest absolute Gasteiger partial charge is 0.187 e. The molecule has 3 saturated heterocycles. The molecule has 16 nitrogen and oxygen atoms in total. The third-order valence-corrected chi connectivity index (χ3v) is 6.96. The van der Waals surface area contributed by atoms with Gasteiger partial charge in [-0.1, -0.05) is 0 Å². The monoisotopic (exact) mass is 578 g/mol. The summed E-state index contributed by atoms with van der Waals surface area (Å²) in [5.74, 6) is 0.444. The average Bonchev–Trinajstić information content (AvgIpc) is 2.91. The maximum Gasteiger partial charge on any atom is 0.187 e. The summed E-state index contributed by atoms with van der Waals surface area (Å²) in [4.78, 5) is 0. The van der Waals surface area contributed by atoms with Crippen LogP contribution in [0.4, 0.5) is 0 Å². The van der Waals surface area contributed by atoms with Crippen LogP contribution in [-0.4, -0.2) is 175 Å². The number of aliphatic hydroxyl groups is 10. The van der Waals surface area contributed by atoms with Gasteiger partial charge in [0.25, 0.3) is 0 Å². The summed E-state index contributed by atoms with van der Waals surface area (Å²) in [5.41, 5.74) is 0. The normalized spacial score (nSPS) is 48.2. The van der Waals surface area contributed by atoms with Crippen molar-refractivity contribution in [1.82, 2.24) is 0 Å². The molecular formula is C21H38O16S. The standard InChI is InChI=1S/C21H38O16S/c22-4-7-10(24)13(27)16(30)19(34-7)33-6-9-12(26)15(29)18(21(36-9)32-2-1-3-38)37-20-17(31)14(28)11(25)8(5-23)35-20/h7-31,38H,1-6H2/t7-,8-,9-,10+,11+,12+,13+,14+,15+,16-,17-,18-,19+,20-,21-/m1/s1. The van der Waals surface area contributed by atoms with Crippen LogP contribution >= 0.6 is 12.6 Å². The van der Waals surface area contributed by atoms with E-state index in [9.17, 15) is 51.1 Å². The van der Waals surface area contributed by atoms with Gasteiger partial charge in [0.1, 0.15) is 73.2 Å². The minimum absolute atomic E-state index is 0.0752. The van der Waals surface area contributed by atoms with Crippen LogP contribution in [0.5, 0.6) is 0 Å². The van der Waals surface area contributed by atoms with Crippen LogP contribution in [0.15, 0.2) is 0 Å². The van der Waals surface area contributed by atoms with Gasteiger partial charge >= 0.3 is 0 Å². The van der Waals surface area contributed by atoms with Crippen LogP contribution in [0, 0.1) is 0 Å². The number of hydrogen-bond acceptors (Lipinski definition) is 17. The van der Waals surface area contributed by atoms with Gasteiger partial charge in [0, 0.05) is 0 Å². The van der Waals surface area contributed by atoms with Gasteiger partial charge in [0.05, 0.1) is 26.4 Å². The predicted molar refractivity (Wildman–Crippen MR) is 123 cm³/mol. The van der Waals surface area contributed by atoms with Crippen molar-refractivity contribution in [2.24, 2.45) is 0 Å². The van der Waals surface area contributed by atoms with Crippen LogP contribution in [0.25, 0.3) is 0 Å². The second kappa shape index (κ2) is 14.6. The lowest BCUT2D eigenvalue weighted by molar-refractivity contribution is -0.372. The largest absolute Gasteiger partial charge is 0.394 e. The quantitative estimate of drug-likeness (QED) is 0.0805. The first-order valence-electron chi connectivity index (χ1n) is 12.2. The molecule has 0 aliphatic carbocycles. The molecule has 0 bridgehead atoms. The molecule has 3 rings (SSSR count). The highest BCUT2D eigenvalue weighted by Gasteiger charge is 2.52. The first-order valence-corrected chi connectivity index (χ1v) is 12.8. The van der Waals surface area contributed by atoms with Gasteiger partial charge in [0.15, 0.2) is 18.9 Å². The molecule has 3 fully saturated rings. The Morgan fingerprint density at radius 1 is 0.553 bits per heavy atom. The lowest BCUT2D eigenvalue weighted by Gasteiger charge is -2.46. The summed E-state index contributed by atoms with van der Waals surface area (Å²) in [6.45, 7) is -1.83. The number of hydrogen-bond donors (Lipinski definition) is 11. The molecule has 0 aromatic rings. The molecule has 38 heavy (non-hydrogen) atoms. The highest BCUT2D eigenvalue weighted by atomic mass is 32.1. The van der Waals surface area contributed by atoms with E-state index in [1.807, 2.05) is 0 Å². The maximum absolute atomic E-state index is 10.8. The van der Waals surface area contributed by atoms with E-state index in [1.54, 1.807) is 0 Å². The van der Waals surface area contributed by atoms with Gasteiger partial charge in [-0.15, -0.1) is 0 Å². The Kier molecular flexibility index (Phi) is 12.3. The summed E-state index contributed by atoms with van der Waals surface area (Å²) in [6, 6.07) is 0. The Labute approximate surface area is 223 Å². The second-order valence-electron chi connectivity index (χ2n) is 9.30. The molecule has 3 aliphatic heterocycles. The van der Waals surface area contributed by atoms with Crippen molar-refractivity contribution in [2.45, 2.75) is 98.5 Å². The van der Waals surface area contributed by atoms with E-state index in [0.717, 1.165) is 0 Å². The Bertz CT molecular complexity index is 702. The molecule has 224 valence electrons. The minimum atomic E-state index is -1.79. The zero-order valence-corrected chi connectivity index (χ0v) is 21.2. The molecule has 10 N–H and O–H groups in total. The van der Waals surface area contributed by atoms with Crippen molar-refractivity contribution in [3.05, 3.63) is 0 Å². The summed E-state index contributed by atoms with van der Waals surface area (Å²) in [5, 5.41) is 101. The number of ether oxygens (including phenoxy) is 6. The molecule has 0 radical (unpaired) electrons. The van der Waals surface area contributed by atoms with Crippen molar-refractivity contribution >= 4 is 12.6 Å². The topological polar surface area (TPSA) is 258 Å². The third kappa shape index (κ3) is 7.12. The molecule has 0 aromatic heterocycles. The van der Waals surface area contributed by atoms with Gasteiger partial charge < -0.3 is 79.5 Å². The first-order chi connectivity index (χ1) is 18.0. The maximum atomic E-state index is 10.8. The van der Waals surface area contributed by atoms with Gasteiger partial charge in [-0.25, -0.2) is 0 Å². The zero-order valence-electron chi connectivity index (χ0n) is 20.3. The van der Waals surface area contributed by atoms with E-state index in [0.29, 0.717) is 12.2 Å². The lowest BCUT2D eigenvalue weighted by Crippen LogP contribution is -2.65. The summed E-state index contributed by atoms with van der Waals surface area (Å²) in [6.07, 6.45) is -23.0. The van der Waals surface area contributed by atoms with E-state index in [4.69, 9.17) is 28.4 Å². The fraction of sp³-hybridized carbons (Fsp3) is 1.00. The van der Waals surface area contributed by atoms with Crippen LogP contribution in [0.3, 0.4) is 0 Å². The van der Waals surface area contributed by atoms with Crippen LogP contribution in [0.1, 0.15) is 6.42 Å². The van der Waals surface area contributed by atoms with Crippen molar-refractivity contribution in [2.75, 3.05) is 32.2 Å². The Hall–Kier alpha value is -0.290. The molecule has 15 atom stereocenters. The molecule has 17 heteroatoms. The van der Waals surface area contributed by atoms with Crippen molar-refractivity contribution < 1.29 is 79.5 Å². The van der Waals surface area contributed by atoms with Crippen LogP contribution in [-0.2, 0) is 28.4 Å². The Balaban J connectivity index is 1.69. The molecule has 3 aliphatic rings. The molecule has 0 aromatic carbocycles. The molecule has 3 heterocycles. The van der Waals surface area contributed by atoms with Gasteiger partial charge in [-0.3, -0.25) is 0 Å². The summed E-state index contributed by atoms with van der Waals surface area (Å²) < 4.78 is 33.0. The SMILES string of the molecule is OC[C@H]1O[C@H](OC[C@H]2O[C@@H](OCCCS)[C@H](O[C@H]3O[C@H](CO)[C@H](O)[C@H](O)[C@H]3O)[C@@H](O)[C@H]2O)[C@H](O)[C@@H](O)[C@H]1O. The van der Waals surface area contributed by atoms with Gasteiger partial charge in [-0.05, 0) is 12.2 Å². The first kappa shape index (κ1) is 32.2. The van der Waals surface area contributed by atoms with E-state index in [-0.39, 0.29) is 6.61 Å². The second-order valence-corrected chi connectivity index (χ2v) is 9.75. The lowest BCUT2D eigenvalue weighted by atomic mass is 9.97. The number of aliphatic hydroxyl groups excluding tert-OH is 10. The van der Waals surface area contributed by atoms with Crippen LogP contribution < -0.4 is 0 Å². The third-order valence-electron chi connectivity index (χ3n) is 6.64. The van der Waals surface area contributed by atoms with E-state index >= 15 is 0 Å². The number of thiol groups is 1. The van der Waals surface area contributed by atoms with E-state index in [2.05, 4.69) is 12.6 Å². The minimum Gasteiger partial charge on any atom is -0.394 e. The summed E-state index contributed by atoms with van der Waals surface area (Å²) >= 11 is 4.09. The van der Waals surface area contributed by atoms with Crippen molar-refractivity contribution in [1.29, 1.82) is 0 Å². The number of rotatable bonds is 11. The van der Waals surface area contributed by atoms with Crippen molar-refractivity contribution in [3.8, 4) is 0 Å². The predicted octanol–water partition coefficient (Wildman–Crippen LogP) is -6.23.